The van der Waals surface area contributed by atoms with Gasteiger partial charge in [-0.05, 0) is 61.5 Å². The molecule has 0 radical (unpaired) electrons. The Bertz CT molecular complexity index is 824. The van der Waals surface area contributed by atoms with E-state index in [9.17, 15) is 0 Å². The van der Waals surface area contributed by atoms with E-state index in [1.54, 1.807) is 11.3 Å². The van der Waals surface area contributed by atoms with Crippen LogP contribution in [-0.2, 0) is 11.4 Å². The highest BCUT2D eigenvalue weighted by Gasteiger charge is 2.16. The molecule has 1 aromatic carbocycles. The Balaban J connectivity index is 1.85. The molecular weight excluding hydrogens is 330 g/mol. The number of hydrogen-bond donors (Lipinski definition) is 0. The Morgan fingerprint density at radius 3 is 2.60 bits per heavy atom. The lowest BCUT2D eigenvalue weighted by molar-refractivity contribution is 0.130. The fraction of sp³-hybridized carbons (Fsp3) is 0.200. The molecular formula is C20H21N3OS. The lowest BCUT2D eigenvalue weighted by Crippen LogP contribution is -2.24. The van der Waals surface area contributed by atoms with Crippen LogP contribution in [0.2, 0.25) is 0 Å². The zero-order valence-electron chi connectivity index (χ0n) is 14.6. The molecule has 0 bridgehead atoms. The monoisotopic (exact) mass is 351 g/mol. The fourth-order valence-electron chi connectivity index (χ4n) is 2.59. The number of anilines is 2. The van der Waals surface area contributed by atoms with Crippen LogP contribution in [0.15, 0.2) is 65.1 Å². The van der Waals surface area contributed by atoms with Crippen molar-refractivity contribution in [3.63, 3.8) is 0 Å². The summed E-state index contributed by atoms with van der Waals surface area (Å²) in [5, 5.41) is 7.42. The summed E-state index contributed by atoms with van der Waals surface area (Å²) in [5.74, 6) is 1.60. The molecule has 0 amide bonds. The van der Waals surface area contributed by atoms with Crippen LogP contribution < -0.4 is 4.90 Å². The number of hydrogen-bond acceptors (Lipinski definition) is 4. The van der Waals surface area contributed by atoms with Gasteiger partial charge in [0.05, 0.1) is 0 Å². The smallest absolute Gasteiger partial charge is 0.152 e. The molecule has 0 N–H and O–H groups in total. The largest absolute Gasteiger partial charge is 0.389 e. The van der Waals surface area contributed by atoms with Gasteiger partial charge < -0.3 is 4.84 Å². The van der Waals surface area contributed by atoms with E-state index < -0.39 is 0 Å². The highest BCUT2D eigenvalue weighted by Crippen LogP contribution is 2.29. The predicted molar refractivity (Wildman–Crippen MR) is 105 cm³/mol. The molecule has 0 spiro atoms. The van der Waals surface area contributed by atoms with Gasteiger partial charge in [-0.2, -0.15) is 0 Å². The second-order valence-corrected chi connectivity index (χ2v) is 6.75. The van der Waals surface area contributed by atoms with Gasteiger partial charge in [-0.25, -0.2) is 4.98 Å². The number of rotatable bonds is 5. The average molecular weight is 351 g/mol. The van der Waals surface area contributed by atoms with Gasteiger partial charge >= 0.3 is 0 Å². The zero-order chi connectivity index (χ0) is 17.6. The Morgan fingerprint density at radius 1 is 1.12 bits per heavy atom. The van der Waals surface area contributed by atoms with Crippen molar-refractivity contribution < 1.29 is 4.84 Å². The zero-order valence-corrected chi connectivity index (χ0v) is 15.5. The summed E-state index contributed by atoms with van der Waals surface area (Å²) in [6, 6.07) is 18.2. The number of pyridine rings is 1. The van der Waals surface area contributed by atoms with Crippen molar-refractivity contribution in [3.05, 3.63) is 76.8 Å². The molecule has 0 saturated carbocycles. The summed E-state index contributed by atoms with van der Waals surface area (Å²) in [6.07, 6.45) is 0. The number of aryl methyl sites for hydroxylation is 2. The highest BCUT2D eigenvalue weighted by molar-refractivity contribution is 7.14. The Morgan fingerprint density at radius 2 is 1.92 bits per heavy atom. The third-order valence-corrected chi connectivity index (χ3v) is 4.49. The van der Waals surface area contributed by atoms with Crippen LogP contribution in [0.5, 0.6) is 0 Å². The highest BCUT2D eigenvalue weighted by atomic mass is 32.1. The molecule has 0 aliphatic carbocycles. The minimum absolute atomic E-state index is 0.441. The SMILES string of the molecule is CC(=NOCc1ccccc1)N(c1cc(C)cc(C)n1)c1cccs1. The number of oxime groups is 1. The molecule has 128 valence electrons. The van der Waals surface area contributed by atoms with Gasteiger partial charge in [-0.1, -0.05) is 35.5 Å². The fourth-order valence-corrected chi connectivity index (χ4v) is 3.37. The van der Waals surface area contributed by atoms with E-state index in [2.05, 4.69) is 35.3 Å². The quantitative estimate of drug-likeness (QED) is 0.348. The first-order valence-corrected chi connectivity index (χ1v) is 9.01. The molecule has 3 aromatic rings. The molecule has 0 atom stereocenters. The van der Waals surface area contributed by atoms with Gasteiger partial charge in [0.15, 0.2) is 5.84 Å². The van der Waals surface area contributed by atoms with Crippen molar-refractivity contribution in [3.8, 4) is 0 Å². The van der Waals surface area contributed by atoms with Gasteiger partial charge in [-0.3, -0.25) is 4.90 Å². The Hall–Kier alpha value is -2.66. The number of aromatic nitrogens is 1. The summed E-state index contributed by atoms with van der Waals surface area (Å²) in [4.78, 5) is 12.3. The number of nitrogens with zero attached hydrogens (tertiary/aromatic N) is 3. The minimum atomic E-state index is 0.441. The molecule has 0 unspecified atom stereocenters. The number of amidine groups is 1. The average Bonchev–Trinajstić information content (AvgIpc) is 3.09. The van der Waals surface area contributed by atoms with Gasteiger partial charge in [0, 0.05) is 5.69 Å². The second kappa shape index (κ2) is 7.94. The van der Waals surface area contributed by atoms with E-state index in [1.807, 2.05) is 60.5 Å². The standard InChI is InChI=1S/C20H21N3OS/c1-15-12-16(2)21-19(13-15)23(20-10-7-11-25-20)17(3)22-24-14-18-8-5-4-6-9-18/h4-13H,14H2,1-3H3. The van der Waals surface area contributed by atoms with Gasteiger partial charge in [0.25, 0.3) is 0 Å². The van der Waals surface area contributed by atoms with Gasteiger partial charge in [0.1, 0.15) is 17.4 Å². The molecule has 0 fully saturated rings. The van der Waals surface area contributed by atoms with Crippen molar-refractivity contribution in [1.82, 2.24) is 4.98 Å². The van der Waals surface area contributed by atoms with Gasteiger partial charge in [-0.15, -0.1) is 11.3 Å². The molecule has 3 rings (SSSR count). The summed E-state index contributed by atoms with van der Waals surface area (Å²) in [5.41, 5.74) is 3.24. The van der Waals surface area contributed by atoms with Crippen LogP contribution in [0, 0.1) is 13.8 Å². The molecule has 25 heavy (non-hydrogen) atoms. The first kappa shape index (κ1) is 17.2. The maximum atomic E-state index is 5.57. The Kier molecular flexibility index (Phi) is 5.46. The normalized spacial score (nSPS) is 11.4. The summed E-state index contributed by atoms with van der Waals surface area (Å²) in [6.45, 7) is 6.45. The van der Waals surface area contributed by atoms with E-state index in [-0.39, 0.29) is 0 Å². The van der Waals surface area contributed by atoms with Crippen molar-refractivity contribution in [2.75, 3.05) is 4.90 Å². The molecule has 0 aliphatic rings. The third kappa shape index (κ3) is 4.45. The van der Waals surface area contributed by atoms with E-state index in [1.165, 1.54) is 5.56 Å². The van der Waals surface area contributed by atoms with Crippen LogP contribution in [-0.4, -0.2) is 10.8 Å². The van der Waals surface area contributed by atoms with E-state index in [4.69, 9.17) is 4.84 Å². The predicted octanol–water partition coefficient (Wildman–Crippen LogP) is 5.45. The van der Waals surface area contributed by atoms with Crippen molar-refractivity contribution in [1.29, 1.82) is 0 Å². The minimum Gasteiger partial charge on any atom is -0.389 e. The van der Waals surface area contributed by atoms with Crippen LogP contribution in [0.1, 0.15) is 23.7 Å². The maximum absolute atomic E-state index is 5.57. The van der Waals surface area contributed by atoms with E-state index >= 15 is 0 Å². The molecule has 2 aromatic heterocycles. The summed E-state index contributed by atoms with van der Waals surface area (Å²) in [7, 11) is 0. The van der Waals surface area contributed by atoms with Crippen LogP contribution in [0.25, 0.3) is 0 Å². The third-order valence-electron chi connectivity index (χ3n) is 3.63. The lowest BCUT2D eigenvalue weighted by Gasteiger charge is -2.22. The van der Waals surface area contributed by atoms with Crippen molar-refractivity contribution >= 4 is 28.0 Å². The summed E-state index contributed by atoms with van der Waals surface area (Å²) >= 11 is 1.65. The molecule has 4 nitrogen and oxygen atoms in total. The van der Waals surface area contributed by atoms with Gasteiger partial charge in [0.2, 0.25) is 0 Å². The van der Waals surface area contributed by atoms with Crippen LogP contribution >= 0.6 is 11.3 Å². The van der Waals surface area contributed by atoms with Crippen LogP contribution in [0.3, 0.4) is 0 Å². The van der Waals surface area contributed by atoms with Crippen LogP contribution in [0.4, 0.5) is 10.8 Å². The topological polar surface area (TPSA) is 37.7 Å². The number of thiophene rings is 1. The second-order valence-electron chi connectivity index (χ2n) is 5.83. The molecule has 0 saturated heterocycles. The molecule has 2 heterocycles. The Labute approximate surface area is 152 Å². The number of benzene rings is 1. The summed E-state index contributed by atoms with van der Waals surface area (Å²) < 4.78 is 0. The lowest BCUT2D eigenvalue weighted by atomic mass is 10.2. The first-order chi connectivity index (χ1) is 12.1. The first-order valence-electron chi connectivity index (χ1n) is 8.13. The molecule has 5 heteroatoms. The maximum Gasteiger partial charge on any atom is 0.152 e. The van der Waals surface area contributed by atoms with E-state index in [0.717, 1.165) is 27.9 Å². The van der Waals surface area contributed by atoms with E-state index in [0.29, 0.717) is 6.61 Å². The molecule has 0 aliphatic heterocycles. The van der Waals surface area contributed by atoms with Crippen molar-refractivity contribution in [2.24, 2.45) is 5.16 Å². The van der Waals surface area contributed by atoms with Crippen molar-refractivity contribution in [2.45, 2.75) is 27.4 Å².